The van der Waals surface area contributed by atoms with Crippen LogP contribution >= 0.6 is 10.0 Å². The summed E-state index contributed by atoms with van der Waals surface area (Å²) >= 11 is 0. The molecule has 11 nitrogen and oxygen atoms in total. The highest BCUT2D eigenvalue weighted by Gasteiger charge is 2.28. The molecule has 0 N–H and O–H groups in total. The molecule has 2 aliphatic heterocycles. The van der Waals surface area contributed by atoms with Gasteiger partial charge in [-0.2, -0.15) is 10.2 Å². The maximum Gasteiger partial charge on any atom is 0.255 e. The second kappa shape index (κ2) is 12.1. The van der Waals surface area contributed by atoms with E-state index >= 15 is 0 Å². The number of nitrogens with zero attached hydrogens (tertiary/aromatic N) is 7. The number of anilines is 1. The predicted molar refractivity (Wildman–Crippen MR) is 159 cm³/mol. The van der Waals surface area contributed by atoms with E-state index in [1.54, 1.807) is 23.7 Å². The van der Waals surface area contributed by atoms with Crippen LogP contribution < -0.4 is 4.90 Å². The summed E-state index contributed by atoms with van der Waals surface area (Å²) in [5.41, 5.74) is 3.17. The number of carbonyl (C=O) groups excluding carboxylic acids is 1. The SMILES string of the molecule is C[C@@H]1COCCN1c1cc(C(=O)N(C)C)c2c(n1)c(-c1ccn(C3CCCCO3)n1)nn2COCCS(C)(C)C. The highest BCUT2D eigenvalue weighted by atomic mass is 32.3. The van der Waals surface area contributed by atoms with Crippen molar-refractivity contribution in [1.29, 1.82) is 0 Å². The molecule has 0 radical (unpaired) electrons. The molecule has 0 saturated carbocycles. The van der Waals surface area contributed by atoms with Crippen molar-refractivity contribution >= 4 is 32.8 Å². The molecule has 5 rings (SSSR count). The van der Waals surface area contributed by atoms with Gasteiger partial charge in [-0.15, -0.1) is 0 Å². The first-order valence-electron chi connectivity index (χ1n) is 14.0. The van der Waals surface area contributed by atoms with Gasteiger partial charge in [-0.05, 0) is 57.1 Å². The highest BCUT2D eigenvalue weighted by Crippen LogP contribution is 2.35. The van der Waals surface area contributed by atoms with Crippen molar-refractivity contribution in [2.75, 3.05) is 76.5 Å². The average Bonchev–Trinajstić information content (AvgIpc) is 3.56. The molecule has 0 bridgehead atoms. The Labute approximate surface area is 238 Å². The number of rotatable bonds is 9. The Balaban J connectivity index is 1.61. The van der Waals surface area contributed by atoms with Crippen LogP contribution in [0.5, 0.6) is 0 Å². The van der Waals surface area contributed by atoms with Crippen molar-refractivity contribution in [2.45, 2.75) is 45.2 Å². The van der Waals surface area contributed by atoms with Crippen LogP contribution in [0, 0.1) is 0 Å². The number of carbonyl (C=O) groups is 1. The maximum absolute atomic E-state index is 13.6. The number of morpholine rings is 1. The normalized spacial score (nSPS) is 20.7. The molecule has 3 aromatic heterocycles. The fourth-order valence-corrected chi connectivity index (χ4v) is 5.69. The molecule has 2 atom stereocenters. The lowest BCUT2D eigenvalue weighted by atomic mass is 10.1. The Morgan fingerprint density at radius 1 is 1.20 bits per heavy atom. The van der Waals surface area contributed by atoms with Gasteiger partial charge in [0.15, 0.2) is 0 Å². The Hall–Kier alpha value is -2.67. The van der Waals surface area contributed by atoms with E-state index in [4.69, 9.17) is 29.4 Å². The third-order valence-corrected chi connectivity index (χ3v) is 8.73. The average molecular weight is 574 g/mol. The van der Waals surface area contributed by atoms with Gasteiger partial charge in [0.25, 0.3) is 5.91 Å². The standard InChI is InChI=1S/C28H43N7O4S/c1-20-18-37-14-12-33(20)23-17-21(28(36)32(2)3)27-26(29-23)25(31-35(27)19-38-15-16-40(4,5)6)22-10-11-34(30-22)24-9-7-8-13-39-24/h10-11,17,20,24H,7-9,12-16,18-19H2,1-6H3/t20-,24?/m1/s1. The smallest absolute Gasteiger partial charge is 0.255 e. The summed E-state index contributed by atoms with van der Waals surface area (Å²) < 4.78 is 21.4. The van der Waals surface area contributed by atoms with Crippen LogP contribution in [-0.2, 0) is 20.9 Å². The minimum atomic E-state index is -0.691. The summed E-state index contributed by atoms with van der Waals surface area (Å²) in [6.45, 7) is 5.62. The van der Waals surface area contributed by atoms with Crippen LogP contribution in [0.2, 0.25) is 0 Å². The summed E-state index contributed by atoms with van der Waals surface area (Å²) in [4.78, 5) is 22.5. The van der Waals surface area contributed by atoms with Gasteiger partial charge in [-0.25, -0.2) is 24.4 Å². The van der Waals surface area contributed by atoms with Gasteiger partial charge in [0.1, 0.15) is 41.2 Å². The molecule has 40 heavy (non-hydrogen) atoms. The molecule has 3 aromatic rings. The highest BCUT2D eigenvalue weighted by molar-refractivity contribution is 8.32. The Bertz CT molecular complexity index is 1330. The molecule has 2 aliphatic rings. The van der Waals surface area contributed by atoms with Gasteiger partial charge < -0.3 is 24.0 Å². The minimum Gasteiger partial charge on any atom is -0.377 e. The zero-order valence-corrected chi connectivity index (χ0v) is 25.4. The topological polar surface area (TPSA) is 99.8 Å². The lowest BCUT2D eigenvalue weighted by Gasteiger charge is -2.34. The van der Waals surface area contributed by atoms with E-state index in [9.17, 15) is 4.79 Å². The van der Waals surface area contributed by atoms with Crippen molar-refractivity contribution in [2.24, 2.45) is 0 Å². The van der Waals surface area contributed by atoms with E-state index in [1.165, 1.54) is 0 Å². The summed E-state index contributed by atoms with van der Waals surface area (Å²) in [6, 6.07) is 3.97. The fraction of sp³-hybridized carbons (Fsp3) is 0.643. The second-order valence-electron chi connectivity index (χ2n) is 11.7. The zero-order valence-electron chi connectivity index (χ0n) is 24.6. The van der Waals surface area contributed by atoms with Crippen molar-refractivity contribution < 1.29 is 19.0 Å². The van der Waals surface area contributed by atoms with Crippen LogP contribution in [0.15, 0.2) is 18.3 Å². The van der Waals surface area contributed by atoms with Crippen LogP contribution in [0.4, 0.5) is 5.82 Å². The van der Waals surface area contributed by atoms with Crippen molar-refractivity contribution in [1.82, 2.24) is 29.4 Å². The molecular formula is C28H43N7O4S. The number of pyridine rings is 1. The largest absolute Gasteiger partial charge is 0.377 e. The van der Waals surface area contributed by atoms with E-state index in [0.29, 0.717) is 54.4 Å². The van der Waals surface area contributed by atoms with Crippen molar-refractivity contribution in [3.8, 4) is 11.4 Å². The monoisotopic (exact) mass is 573 g/mol. The van der Waals surface area contributed by atoms with E-state index in [-0.39, 0.29) is 24.9 Å². The van der Waals surface area contributed by atoms with E-state index < -0.39 is 10.0 Å². The molecule has 1 amide bonds. The number of hydrogen-bond donors (Lipinski definition) is 0. The minimum absolute atomic E-state index is 0.0809. The van der Waals surface area contributed by atoms with Gasteiger partial charge in [-0.3, -0.25) is 4.79 Å². The summed E-state index contributed by atoms with van der Waals surface area (Å²) in [5.74, 6) is 1.62. The Morgan fingerprint density at radius 2 is 2.02 bits per heavy atom. The summed E-state index contributed by atoms with van der Waals surface area (Å²) in [5, 5.41) is 9.84. The molecule has 2 saturated heterocycles. The molecule has 0 aliphatic carbocycles. The van der Waals surface area contributed by atoms with Crippen LogP contribution in [0.25, 0.3) is 22.4 Å². The van der Waals surface area contributed by atoms with E-state index in [0.717, 1.165) is 37.4 Å². The third kappa shape index (κ3) is 6.29. The second-order valence-corrected chi connectivity index (χ2v) is 16.3. The predicted octanol–water partition coefficient (Wildman–Crippen LogP) is 3.59. The summed E-state index contributed by atoms with van der Waals surface area (Å²) in [7, 11) is 2.84. The van der Waals surface area contributed by atoms with Crippen molar-refractivity contribution in [3.05, 3.63) is 23.9 Å². The molecule has 12 heteroatoms. The van der Waals surface area contributed by atoms with Gasteiger partial charge in [-0.1, -0.05) is 0 Å². The first kappa shape index (κ1) is 28.8. The first-order valence-corrected chi connectivity index (χ1v) is 17.0. The number of aromatic nitrogens is 5. The van der Waals surface area contributed by atoms with Crippen LogP contribution in [0.1, 0.15) is 42.8 Å². The van der Waals surface area contributed by atoms with E-state index in [2.05, 4.69) is 30.6 Å². The molecule has 1 unspecified atom stereocenters. The lowest BCUT2D eigenvalue weighted by Crippen LogP contribution is -2.44. The maximum atomic E-state index is 13.6. The summed E-state index contributed by atoms with van der Waals surface area (Å²) in [6.07, 6.45) is 11.8. The Kier molecular flexibility index (Phi) is 8.69. The molecule has 220 valence electrons. The quantitative estimate of drug-likeness (QED) is 0.358. The first-order chi connectivity index (χ1) is 19.1. The number of hydrogen-bond acceptors (Lipinski definition) is 8. The van der Waals surface area contributed by atoms with Gasteiger partial charge in [0.2, 0.25) is 0 Å². The third-order valence-electron chi connectivity index (χ3n) is 7.34. The number of amides is 1. The lowest BCUT2D eigenvalue weighted by molar-refractivity contribution is -0.0393. The molecular weight excluding hydrogens is 530 g/mol. The van der Waals surface area contributed by atoms with Crippen LogP contribution in [0.3, 0.4) is 0 Å². The van der Waals surface area contributed by atoms with Gasteiger partial charge >= 0.3 is 0 Å². The molecule has 2 fully saturated rings. The number of fused-ring (bicyclic) bond motifs is 1. The fourth-order valence-electron chi connectivity index (χ4n) is 5.07. The van der Waals surface area contributed by atoms with Crippen LogP contribution in [-0.4, -0.2) is 113 Å². The molecule has 0 aromatic carbocycles. The van der Waals surface area contributed by atoms with Gasteiger partial charge in [0, 0.05) is 39.2 Å². The van der Waals surface area contributed by atoms with E-state index in [1.807, 2.05) is 23.0 Å². The van der Waals surface area contributed by atoms with Gasteiger partial charge in [0.05, 0.1) is 31.4 Å². The molecule has 0 spiro atoms. The van der Waals surface area contributed by atoms with Crippen molar-refractivity contribution in [3.63, 3.8) is 0 Å². The number of ether oxygens (including phenoxy) is 3. The molecule has 5 heterocycles. The zero-order chi connectivity index (χ0) is 28.4. The Morgan fingerprint density at radius 3 is 2.73 bits per heavy atom.